The Morgan fingerprint density at radius 1 is 1.47 bits per heavy atom. The van der Waals surface area contributed by atoms with E-state index in [1.54, 1.807) is 0 Å². The van der Waals surface area contributed by atoms with Crippen LogP contribution < -0.4 is 10.1 Å². The van der Waals surface area contributed by atoms with Crippen LogP contribution in [0.5, 0.6) is 5.75 Å². The maximum Gasteiger partial charge on any atom is 0.124 e. The molecule has 0 saturated carbocycles. The zero-order valence-electron chi connectivity index (χ0n) is 10.8. The summed E-state index contributed by atoms with van der Waals surface area (Å²) in [6.45, 7) is 1.57. The molecule has 0 saturated heterocycles. The van der Waals surface area contributed by atoms with E-state index in [4.69, 9.17) is 4.74 Å². The molecule has 0 fully saturated rings. The van der Waals surface area contributed by atoms with E-state index in [2.05, 4.69) is 32.4 Å². The quantitative estimate of drug-likeness (QED) is 0.944. The number of aryl methyl sites for hydroxylation is 1. The van der Waals surface area contributed by atoms with Crippen LogP contribution in [0.1, 0.15) is 23.7 Å². The minimum atomic E-state index is 0.330. The summed E-state index contributed by atoms with van der Waals surface area (Å²) >= 11 is 3.52. The molecular formula is C14H16BrN3O. The van der Waals surface area contributed by atoms with Crippen molar-refractivity contribution < 1.29 is 4.74 Å². The lowest BCUT2D eigenvalue weighted by Gasteiger charge is -2.27. The fourth-order valence-electron chi connectivity index (χ4n) is 2.38. The predicted molar refractivity (Wildman–Crippen MR) is 77.0 cm³/mol. The molecule has 1 aliphatic rings. The molecule has 5 heteroatoms. The molecule has 0 radical (unpaired) electrons. The van der Waals surface area contributed by atoms with E-state index in [0.717, 1.165) is 29.8 Å². The Labute approximate surface area is 120 Å². The van der Waals surface area contributed by atoms with Gasteiger partial charge in [0.25, 0.3) is 0 Å². The molecular weight excluding hydrogens is 306 g/mol. The molecule has 19 heavy (non-hydrogen) atoms. The van der Waals surface area contributed by atoms with Crippen LogP contribution >= 0.6 is 15.9 Å². The van der Waals surface area contributed by atoms with Gasteiger partial charge >= 0.3 is 0 Å². The van der Waals surface area contributed by atoms with Gasteiger partial charge in [-0.2, -0.15) is 5.10 Å². The molecule has 1 N–H and O–H groups in total. The molecule has 0 amide bonds. The molecule has 0 bridgehead atoms. The van der Waals surface area contributed by atoms with Crippen LogP contribution in [0.15, 0.2) is 34.9 Å². The fraction of sp³-hybridized carbons (Fsp3) is 0.357. The SMILES string of the molecule is Cn1nccc1CNC1CCOc2ccc(Br)cc21. The lowest BCUT2D eigenvalue weighted by molar-refractivity contribution is 0.251. The molecule has 1 aromatic carbocycles. The molecule has 2 aromatic rings. The first-order chi connectivity index (χ1) is 9.24. The summed E-state index contributed by atoms with van der Waals surface area (Å²) < 4.78 is 8.68. The first kappa shape index (κ1) is 12.7. The Morgan fingerprint density at radius 2 is 2.37 bits per heavy atom. The lowest BCUT2D eigenvalue weighted by Crippen LogP contribution is -2.27. The van der Waals surface area contributed by atoms with Crippen molar-refractivity contribution in [1.29, 1.82) is 0 Å². The van der Waals surface area contributed by atoms with Gasteiger partial charge in [-0.3, -0.25) is 4.68 Å². The Kier molecular flexibility index (Phi) is 3.57. The molecule has 4 nitrogen and oxygen atoms in total. The number of nitrogens with one attached hydrogen (secondary N) is 1. The van der Waals surface area contributed by atoms with Crippen molar-refractivity contribution in [2.75, 3.05) is 6.61 Å². The summed E-state index contributed by atoms with van der Waals surface area (Å²) in [5.41, 5.74) is 2.41. The van der Waals surface area contributed by atoms with Crippen molar-refractivity contribution in [2.45, 2.75) is 19.0 Å². The van der Waals surface area contributed by atoms with Gasteiger partial charge in [-0.05, 0) is 24.3 Å². The lowest BCUT2D eigenvalue weighted by atomic mass is 10.0. The van der Waals surface area contributed by atoms with Crippen LogP contribution in [-0.2, 0) is 13.6 Å². The predicted octanol–water partition coefficient (Wildman–Crippen LogP) is 2.80. The molecule has 1 unspecified atom stereocenters. The van der Waals surface area contributed by atoms with Gasteiger partial charge in [-0.15, -0.1) is 0 Å². The first-order valence-corrected chi connectivity index (χ1v) is 7.16. The highest BCUT2D eigenvalue weighted by Gasteiger charge is 2.21. The number of halogens is 1. The highest BCUT2D eigenvalue weighted by atomic mass is 79.9. The van der Waals surface area contributed by atoms with Crippen LogP contribution in [0.4, 0.5) is 0 Å². The first-order valence-electron chi connectivity index (χ1n) is 6.36. The Bertz CT molecular complexity index is 582. The Hall–Kier alpha value is -1.33. The van der Waals surface area contributed by atoms with Crippen molar-refractivity contribution in [3.63, 3.8) is 0 Å². The third kappa shape index (κ3) is 2.67. The number of hydrogen-bond acceptors (Lipinski definition) is 3. The summed E-state index contributed by atoms with van der Waals surface area (Å²) in [6, 6.07) is 8.54. The number of nitrogens with zero attached hydrogens (tertiary/aromatic N) is 2. The number of fused-ring (bicyclic) bond motifs is 1. The van der Waals surface area contributed by atoms with Gasteiger partial charge in [0, 0.05) is 42.3 Å². The smallest absolute Gasteiger partial charge is 0.124 e. The second kappa shape index (κ2) is 5.35. The third-order valence-corrected chi connectivity index (χ3v) is 3.96. The van der Waals surface area contributed by atoms with Gasteiger partial charge in [-0.25, -0.2) is 0 Å². The Morgan fingerprint density at radius 3 is 3.16 bits per heavy atom. The van der Waals surface area contributed by atoms with E-state index in [0.29, 0.717) is 6.04 Å². The molecule has 1 aromatic heterocycles. The molecule has 1 atom stereocenters. The second-order valence-electron chi connectivity index (χ2n) is 4.70. The summed E-state index contributed by atoms with van der Waals surface area (Å²) in [5.74, 6) is 0.983. The van der Waals surface area contributed by atoms with Crippen LogP contribution in [-0.4, -0.2) is 16.4 Å². The van der Waals surface area contributed by atoms with Gasteiger partial charge in [0.2, 0.25) is 0 Å². The van der Waals surface area contributed by atoms with Crippen LogP contribution in [0.25, 0.3) is 0 Å². The molecule has 1 aliphatic heterocycles. The molecule has 0 aliphatic carbocycles. The number of ether oxygens (including phenoxy) is 1. The second-order valence-corrected chi connectivity index (χ2v) is 5.61. The normalized spacial score (nSPS) is 17.9. The molecule has 3 rings (SSSR count). The van der Waals surface area contributed by atoms with Gasteiger partial charge in [-0.1, -0.05) is 15.9 Å². The number of rotatable bonds is 3. The highest BCUT2D eigenvalue weighted by Crippen LogP contribution is 2.34. The van der Waals surface area contributed by atoms with Crippen molar-refractivity contribution in [3.8, 4) is 5.75 Å². The standard InChI is InChI=1S/C14H16BrN3O/c1-18-11(4-6-17-18)9-16-13-5-7-19-14-3-2-10(15)8-12(13)14/h2-4,6,8,13,16H,5,7,9H2,1H3. The maximum absolute atomic E-state index is 5.69. The number of benzene rings is 1. The molecule has 2 heterocycles. The van der Waals surface area contributed by atoms with Crippen molar-refractivity contribution in [3.05, 3.63) is 46.2 Å². The summed E-state index contributed by atoms with van der Waals surface area (Å²) in [6.07, 6.45) is 2.81. The minimum Gasteiger partial charge on any atom is -0.493 e. The zero-order chi connectivity index (χ0) is 13.2. The van der Waals surface area contributed by atoms with Gasteiger partial charge < -0.3 is 10.1 Å². The van der Waals surface area contributed by atoms with Gasteiger partial charge in [0.1, 0.15) is 5.75 Å². The highest BCUT2D eigenvalue weighted by molar-refractivity contribution is 9.10. The van der Waals surface area contributed by atoms with E-state index < -0.39 is 0 Å². The number of aromatic nitrogens is 2. The number of hydrogen-bond donors (Lipinski definition) is 1. The third-order valence-electron chi connectivity index (χ3n) is 3.46. The largest absolute Gasteiger partial charge is 0.493 e. The van der Waals surface area contributed by atoms with E-state index in [1.807, 2.05) is 36.1 Å². The fourth-order valence-corrected chi connectivity index (χ4v) is 2.76. The monoisotopic (exact) mass is 321 g/mol. The summed E-state index contributed by atoms with van der Waals surface area (Å²) in [5, 5.41) is 7.77. The van der Waals surface area contributed by atoms with Crippen molar-refractivity contribution >= 4 is 15.9 Å². The van der Waals surface area contributed by atoms with Crippen molar-refractivity contribution in [1.82, 2.24) is 15.1 Å². The molecule has 0 spiro atoms. The molecule has 100 valence electrons. The average molecular weight is 322 g/mol. The van der Waals surface area contributed by atoms with Crippen LogP contribution in [0, 0.1) is 0 Å². The van der Waals surface area contributed by atoms with E-state index in [1.165, 1.54) is 11.3 Å². The van der Waals surface area contributed by atoms with E-state index in [9.17, 15) is 0 Å². The van der Waals surface area contributed by atoms with E-state index >= 15 is 0 Å². The van der Waals surface area contributed by atoms with E-state index in [-0.39, 0.29) is 0 Å². The Balaban J connectivity index is 1.76. The summed E-state index contributed by atoms with van der Waals surface area (Å²) in [7, 11) is 1.96. The maximum atomic E-state index is 5.69. The topological polar surface area (TPSA) is 39.1 Å². The zero-order valence-corrected chi connectivity index (χ0v) is 12.4. The van der Waals surface area contributed by atoms with Crippen LogP contribution in [0.3, 0.4) is 0 Å². The van der Waals surface area contributed by atoms with Crippen LogP contribution in [0.2, 0.25) is 0 Å². The minimum absolute atomic E-state index is 0.330. The van der Waals surface area contributed by atoms with Gasteiger partial charge in [0.15, 0.2) is 0 Å². The van der Waals surface area contributed by atoms with Gasteiger partial charge in [0.05, 0.1) is 12.3 Å². The average Bonchev–Trinajstić information content (AvgIpc) is 2.82. The van der Waals surface area contributed by atoms with Crippen molar-refractivity contribution in [2.24, 2.45) is 7.05 Å². The summed E-state index contributed by atoms with van der Waals surface area (Å²) in [4.78, 5) is 0.